The van der Waals surface area contributed by atoms with Crippen LogP contribution in [0.15, 0.2) is 42.6 Å². The number of rotatable bonds is 5. The van der Waals surface area contributed by atoms with Crippen LogP contribution in [0.3, 0.4) is 0 Å². The van der Waals surface area contributed by atoms with E-state index in [9.17, 15) is 18.4 Å². The van der Waals surface area contributed by atoms with Crippen molar-refractivity contribution in [3.8, 4) is 0 Å². The molecule has 1 aliphatic rings. The van der Waals surface area contributed by atoms with Gasteiger partial charge in [-0.05, 0) is 43.0 Å². The summed E-state index contributed by atoms with van der Waals surface area (Å²) in [6.45, 7) is 4.54. The van der Waals surface area contributed by atoms with Crippen LogP contribution in [0.1, 0.15) is 48.8 Å². The van der Waals surface area contributed by atoms with Crippen molar-refractivity contribution in [2.75, 3.05) is 13.1 Å². The lowest BCUT2D eigenvalue weighted by molar-refractivity contribution is -0.135. The fourth-order valence-corrected chi connectivity index (χ4v) is 4.16. The Bertz CT molecular complexity index is 1130. The van der Waals surface area contributed by atoms with Gasteiger partial charge in [0.2, 0.25) is 5.91 Å². The predicted molar refractivity (Wildman–Crippen MR) is 114 cm³/mol. The summed E-state index contributed by atoms with van der Waals surface area (Å²) >= 11 is 0. The van der Waals surface area contributed by atoms with Crippen molar-refractivity contribution < 1.29 is 18.4 Å². The van der Waals surface area contributed by atoms with Gasteiger partial charge < -0.3 is 10.2 Å². The zero-order chi connectivity index (χ0) is 22.8. The fraction of sp³-hybridized carbons (Fsp3) is 0.391. The molecular weight excluding hydrogens is 416 g/mol. The fourth-order valence-electron chi connectivity index (χ4n) is 4.16. The van der Waals surface area contributed by atoms with Gasteiger partial charge in [0.25, 0.3) is 5.91 Å². The summed E-state index contributed by atoms with van der Waals surface area (Å²) in [7, 11) is 0. The minimum atomic E-state index is -0.964. The number of hydrogen-bond acceptors (Lipinski definition) is 4. The van der Waals surface area contributed by atoms with Gasteiger partial charge in [0, 0.05) is 25.2 Å². The minimum Gasteiger partial charge on any atom is -0.340 e. The molecule has 2 amide bonds. The van der Waals surface area contributed by atoms with Gasteiger partial charge in [-0.15, -0.1) is 10.2 Å². The second-order valence-electron chi connectivity index (χ2n) is 8.40. The van der Waals surface area contributed by atoms with Crippen LogP contribution < -0.4 is 5.32 Å². The molecule has 1 fully saturated rings. The highest BCUT2D eigenvalue weighted by atomic mass is 19.1. The monoisotopic (exact) mass is 441 g/mol. The number of carbonyl (C=O) groups is 2. The SMILES string of the molecule is CC(C)C(NC(=O)c1c(F)cccc1F)C(=O)N1CCCC(c2nnc3ccccn23)C1. The molecule has 0 saturated carbocycles. The van der Waals surface area contributed by atoms with Crippen molar-refractivity contribution in [1.29, 1.82) is 0 Å². The lowest BCUT2D eigenvalue weighted by Crippen LogP contribution is -2.53. The number of carbonyl (C=O) groups excluding carboxylic acids is 2. The summed E-state index contributed by atoms with van der Waals surface area (Å²) in [5.74, 6) is -2.62. The molecule has 32 heavy (non-hydrogen) atoms. The first kappa shape index (κ1) is 21.9. The summed E-state index contributed by atoms with van der Waals surface area (Å²) < 4.78 is 30.0. The van der Waals surface area contributed by atoms with Gasteiger partial charge in [0.15, 0.2) is 5.65 Å². The van der Waals surface area contributed by atoms with E-state index in [4.69, 9.17) is 0 Å². The lowest BCUT2D eigenvalue weighted by atomic mass is 9.94. The molecule has 4 rings (SSSR count). The smallest absolute Gasteiger partial charge is 0.257 e. The molecule has 9 heteroatoms. The zero-order valence-corrected chi connectivity index (χ0v) is 18.0. The maximum Gasteiger partial charge on any atom is 0.257 e. The van der Waals surface area contributed by atoms with E-state index in [1.807, 2.05) is 28.8 Å². The number of pyridine rings is 1. The maximum absolute atomic E-state index is 14.0. The quantitative estimate of drug-likeness (QED) is 0.660. The number of aromatic nitrogens is 3. The van der Waals surface area contributed by atoms with E-state index >= 15 is 0 Å². The molecule has 0 spiro atoms. The van der Waals surface area contributed by atoms with Gasteiger partial charge in [0.05, 0.1) is 0 Å². The predicted octanol–water partition coefficient (Wildman–Crippen LogP) is 3.17. The summed E-state index contributed by atoms with van der Waals surface area (Å²) in [6.07, 6.45) is 3.53. The summed E-state index contributed by atoms with van der Waals surface area (Å²) in [5, 5.41) is 11.1. The number of benzene rings is 1. The number of nitrogens with zero attached hydrogens (tertiary/aromatic N) is 4. The Morgan fingerprint density at radius 2 is 1.84 bits per heavy atom. The molecule has 1 saturated heterocycles. The topological polar surface area (TPSA) is 79.6 Å². The van der Waals surface area contributed by atoms with Crippen LogP contribution in [0, 0.1) is 17.6 Å². The van der Waals surface area contributed by atoms with Crippen LogP contribution in [-0.2, 0) is 4.79 Å². The summed E-state index contributed by atoms with van der Waals surface area (Å²) in [4.78, 5) is 27.6. The van der Waals surface area contributed by atoms with E-state index in [1.165, 1.54) is 6.07 Å². The molecule has 168 valence electrons. The van der Waals surface area contributed by atoms with Crippen LogP contribution in [0.4, 0.5) is 8.78 Å². The van der Waals surface area contributed by atoms with Crippen molar-refractivity contribution in [2.24, 2.45) is 5.92 Å². The molecular formula is C23H25F2N5O2. The van der Waals surface area contributed by atoms with E-state index < -0.39 is 29.1 Å². The Kier molecular flexibility index (Phi) is 6.16. The number of amides is 2. The van der Waals surface area contributed by atoms with Crippen LogP contribution in [0.25, 0.3) is 5.65 Å². The Morgan fingerprint density at radius 1 is 1.09 bits per heavy atom. The van der Waals surface area contributed by atoms with E-state index in [1.54, 1.807) is 18.7 Å². The Balaban J connectivity index is 1.52. The number of piperidine rings is 1. The van der Waals surface area contributed by atoms with Gasteiger partial charge in [0.1, 0.15) is 29.1 Å². The molecule has 2 atom stereocenters. The molecule has 1 aliphatic heterocycles. The van der Waals surface area contributed by atoms with Crippen LogP contribution in [0.2, 0.25) is 0 Å². The standard InChI is InChI=1S/C23H25F2N5O2/c1-14(2)20(26-22(31)19-16(24)8-5-9-17(19)25)23(32)29-11-6-7-15(13-29)21-28-27-18-10-3-4-12-30(18)21/h3-5,8-10,12,14-15,20H,6-7,11,13H2,1-2H3,(H,26,31). The Labute approximate surface area is 184 Å². The first-order valence-corrected chi connectivity index (χ1v) is 10.7. The third kappa shape index (κ3) is 4.19. The third-order valence-corrected chi connectivity index (χ3v) is 5.85. The highest BCUT2D eigenvalue weighted by Crippen LogP contribution is 2.27. The van der Waals surface area contributed by atoms with Crippen LogP contribution in [0.5, 0.6) is 0 Å². The highest BCUT2D eigenvalue weighted by molar-refractivity contribution is 5.98. The molecule has 7 nitrogen and oxygen atoms in total. The Hall–Kier alpha value is -3.36. The van der Waals surface area contributed by atoms with Crippen LogP contribution >= 0.6 is 0 Å². The number of likely N-dealkylation sites (tertiary alicyclic amines) is 1. The summed E-state index contributed by atoms with van der Waals surface area (Å²) in [5.41, 5.74) is 0.0579. The average Bonchev–Trinajstić information content (AvgIpc) is 3.21. The molecule has 0 bridgehead atoms. The molecule has 0 radical (unpaired) electrons. The van der Waals surface area contributed by atoms with Crippen molar-refractivity contribution in [2.45, 2.75) is 38.6 Å². The van der Waals surface area contributed by atoms with E-state index in [0.29, 0.717) is 13.1 Å². The van der Waals surface area contributed by atoms with E-state index in [0.717, 1.165) is 36.4 Å². The first-order chi connectivity index (χ1) is 15.4. The van der Waals surface area contributed by atoms with Crippen molar-refractivity contribution >= 4 is 17.5 Å². The molecule has 1 aromatic carbocycles. The van der Waals surface area contributed by atoms with E-state index in [2.05, 4.69) is 15.5 Å². The molecule has 1 N–H and O–H groups in total. The van der Waals surface area contributed by atoms with Gasteiger partial charge in [-0.3, -0.25) is 14.0 Å². The Morgan fingerprint density at radius 3 is 2.56 bits per heavy atom. The second-order valence-corrected chi connectivity index (χ2v) is 8.40. The van der Waals surface area contributed by atoms with E-state index in [-0.39, 0.29) is 17.7 Å². The number of hydrogen-bond donors (Lipinski definition) is 1. The van der Waals surface area contributed by atoms with Gasteiger partial charge in [-0.1, -0.05) is 26.0 Å². The number of fused-ring (bicyclic) bond motifs is 1. The molecule has 0 aliphatic carbocycles. The van der Waals surface area contributed by atoms with Crippen molar-refractivity contribution in [3.05, 3.63) is 65.6 Å². The summed E-state index contributed by atoms with van der Waals surface area (Å²) in [6, 6.07) is 7.97. The normalized spacial score (nSPS) is 17.5. The van der Waals surface area contributed by atoms with Crippen molar-refractivity contribution in [1.82, 2.24) is 24.8 Å². The average molecular weight is 441 g/mol. The number of nitrogens with one attached hydrogen (secondary N) is 1. The molecule has 2 unspecified atom stereocenters. The lowest BCUT2D eigenvalue weighted by Gasteiger charge is -2.35. The van der Waals surface area contributed by atoms with Gasteiger partial charge in [-0.25, -0.2) is 8.78 Å². The molecule has 3 heterocycles. The minimum absolute atomic E-state index is 0.00220. The number of halogens is 2. The largest absolute Gasteiger partial charge is 0.340 e. The first-order valence-electron chi connectivity index (χ1n) is 10.7. The zero-order valence-electron chi connectivity index (χ0n) is 18.0. The van der Waals surface area contributed by atoms with Crippen molar-refractivity contribution in [3.63, 3.8) is 0 Å². The molecule has 3 aromatic rings. The molecule has 2 aromatic heterocycles. The third-order valence-electron chi connectivity index (χ3n) is 5.85. The second kappa shape index (κ2) is 9.02. The van der Waals surface area contributed by atoms with Gasteiger partial charge >= 0.3 is 0 Å². The highest BCUT2D eigenvalue weighted by Gasteiger charge is 2.34. The maximum atomic E-state index is 14.0. The van der Waals surface area contributed by atoms with Crippen LogP contribution in [-0.4, -0.2) is 50.4 Å². The van der Waals surface area contributed by atoms with Gasteiger partial charge in [-0.2, -0.15) is 0 Å².